The third kappa shape index (κ3) is 2.72. The fourth-order valence-corrected chi connectivity index (χ4v) is 2.77. The molecule has 0 fully saturated rings. The second-order valence-corrected chi connectivity index (χ2v) is 5.49. The summed E-state index contributed by atoms with van der Waals surface area (Å²) in [6.07, 6.45) is 4.23. The van der Waals surface area contributed by atoms with Gasteiger partial charge in [0.05, 0.1) is 5.69 Å². The maximum Gasteiger partial charge on any atom is 0.0641 e. The Bertz CT molecular complexity index is 738. The molecule has 0 aliphatic rings. The summed E-state index contributed by atoms with van der Waals surface area (Å²) in [7, 11) is 0. The topological polar surface area (TPSA) is 45.6 Å². The van der Waals surface area contributed by atoms with Crippen molar-refractivity contribution in [1.29, 1.82) is 0 Å². The molecule has 0 bridgehead atoms. The number of rotatable bonds is 5. The summed E-state index contributed by atoms with van der Waals surface area (Å²) in [5.41, 5.74) is 4.88. The Kier molecular flexibility index (Phi) is 3.80. The van der Waals surface area contributed by atoms with Crippen LogP contribution in [0.1, 0.15) is 36.7 Å². The molecule has 2 aromatic heterocycles. The third-order valence-electron chi connectivity index (χ3n) is 4.05. The van der Waals surface area contributed by atoms with Crippen molar-refractivity contribution in [3.05, 3.63) is 53.5 Å². The minimum Gasteiger partial charge on any atom is -0.361 e. The molecular weight excluding hydrogens is 260 g/mol. The third-order valence-corrected chi connectivity index (χ3v) is 4.05. The molecule has 2 N–H and O–H groups in total. The smallest absolute Gasteiger partial charge is 0.0641 e. The van der Waals surface area contributed by atoms with Crippen LogP contribution in [0.15, 0.2) is 36.7 Å². The summed E-state index contributed by atoms with van der Waals surface area (Å²) in [5, 5.41) is 9.40. The first-order valence-electron chi connectivity index (χ1n) is 7.51. The predicted octanol–water partition coefficient (Wildman–Crippen LogP) is 3.54. The van der Waals surface area contributed by atoms with Crippen LogP contribution in [-0.4, -0.2) is 14.8 Å². The standard InChI is InChI=1S/C17H22N4/c1-4-21-11-16(13(3)20-21)12(2)18-9-14-10-19-17-8-6-5-7-15(14)17/h5-8,10-12,18-19H,4,9H2,1-3H3. The molecule has 4 heteroatoms. The van der Waals surface area contributed by atoms with E-state index in [4.69, 9.17) is 0 Å². The molecular formula is C17H22N4. The fourth-order valence-electron chi connectivity index (χ4n) is 2.77. The van der Waals surface area contributed by atoms with Crippen LogP contribution >= 0.6 is 0 Å². The molecule has 110 valence electrons. The van der Waals surface area contributed by atoms with E-state index >= 15 is 0 Å². The van der Waals surface area contributed by atoms with Gasteiger partial charge in [0.2, 0.25) is 0 Å². The second kappa shape index (κ2) is 5.74. The zero-order chi connectivity index (χ0) is 14.8. The number of nitrogens with one attached hydrogen (secondary N) is 2. The Morgan fingerprint density at radius 2 is 2.14 bits per heavy atom. The van der Waals surface area contributed by atoms with Crippen LogP contribution in [0.3, 0.4) is 0 Å². The Morgan fingerprint density at radius 3 is 2.90 bits per heavy atom. The fraction of sp³-hybridized carbons (Fsp3) is 0.353. The van der Waals surface area contributed by atoms with Gasteiger partial charge in [-0.1, -0.05) is 18.2 Å². The van der Waals surface area contributed by atoms with Gasteiger partial charge in [-0.05, 0) is 32.4 Å². The maximum absolute atomic E-state index is 4.52. The number of aryl methyl sites for hydroxylation is 2. The first kappa shape index (κ1) is 13.9. The monoisotopic (exact) mass is 282 g/mol. The van der Waals surface area contributed by atoms with Crippen LogP contribution in [0, 0.1) is 6.92 Å². The number of para-hydroxylation sites is 1. The minimum atomic E-state index is 0.291. The van der Waals surface area contributed by atoms with Gasteiger partial charge in [-0.3, -0.25) is 4.68 Å². The van der Waals surface area contributed by atoms with Gasteiger partial charge in [-0.25, -0.2) is 0 Å². The van der Waals surface area contributed by atoms with Crippen molar-refractivity contribution >= 4 is 10.9 Å². The molecule has 0 aliphatic heterocycles. The van der Waals surface area contributed by atoms with Gasteiger partial charge >= 0.3 is 0 Å². The summed E-state index contributed by atoms with van der Waals surface area (Å²) in [6.45, 7) is 8.14. The lowest BCUT2D eigenvalue weighted by atomic mass is 10.1. The molecule has 1 atom stereocenters. The molecule has 4 nitrogen and oxygen atoms in total. The maximum atomic E-state index is 4.52. The lowest BCUT2D eigenvalue weighted by Gasteiger charge is -2.12. The van der Waals surface area contributed by atoms with E-state index in [2.05, 4.69) is 72.8 Å². The van der Waals surface area contributed by atoms with Crippen LogP contribution in [-0.2, 0) is 13.1 Å². The van der Waals surface area contributed by atoms with Crippen molar-refractivity contribution in [2.24, 2.45) is 0 Å². The van der Waals surface area contributed by atoms with Gasteiger partial charge in [0.15, 0.2) is 0 Å². The van der Waals surface area contributed by atoms with Crippen LogP contribution in [0.5, 0.6) is 0 Å². The summed E-state index contributed by atoms with van der Waals surface area (Å²) in [6, 6.07) is 8.70. The Balaban J connectivity index is 1.73. The van der Waals surface area contributed by atoms with Crippen molar-refractivity contribution < 1.29 is 0 Å². The van der Waals surface area contributed by atoms with Gasteiger partial charge < -0.3 is 10.3 Å². The normalized spacial score (nSPS) is 12.9. The molecule has 1 aromatic carbocycles. The molecule has 0 amide bonds. The van der Waals surface area contributed by atoms with Gasteiger partial charge in [0, 0.05) is 48.0 Å². The van der Waals surface area contributed by atoms with Crippen LogP contribution in [0.25, 0.3) is 10.9 Å². The first-order chi connectivity index (χ1) is 10.2. The number of aromatic amines is 1. The second-order valence-electron chi connectivity index (χ2n) is 5.49. The van der Waals surface area contributed by atoms with Crippen LogP contribution in [0.4, 0.5) is 0 Å². The first-order valence-corrected chi connectivity index (χ1v) is 7.51. The van der Waals surface area contributed by atoms with Crippen LogP contribution in [0.2, 0.25) is 0 Å². The average Bonchev–Trinajstić information content (AvgIpc) is 3.08. The van der Waals surface area contributed by atoms with E-state index in [0.29, 0.717) is 6.04 Å². The van der Waals surface area contributed by atoms with E-state index in [0.717, 1.165) is 18.8 Å². The number of aromatic nitrogens is 3. The van der Waals surface area contributed by atoms with Gasteiger partial charge in [0.25, 0.3) is 0 Å². The molecule has 3 rings (SSSR count). The van der Waals surface area contributed by atoms with Gasteiger partial charge in [-0.2, -0.15) is 5.10 Å². The molecule has 0 saturated heterocycles. The summed E-state index contributed by atoms with van der Waals surface area (Å²) in [5.74, 6) is 0. The van der Waals surface area contributed by atoms with Crippen molar-refractivity contribution in [2.75, 3.05) is 0 Å². The largest absolute Gasteiger partial charge is 0.361 e. The molecule has 0 spiro atoms. The van der Waals surface area contributed by atoms with E-state index < -0.39 is 0 Å². The van der Waals surface area contributed by atoms with Crippen LogP contribution < -0.4 is 5.32 Å². The number of fused-ring (bicyclic) bond motifs is 1. The summed E-state index contributed by atoms with van der Waals surface area (Å²) < 4.78 is 1.99. The Hall–Kier alpha value is -2.07. The van der Waals surface area contributed by atoms with Crippen molar-refractivity contribution in [3.8, 4) is 0 Å². The van der Waals surface area contributed by atoms with E-state index in [1.807, 2.05) is 4.68 Å². The van der Waals surface area contributed by atoms with Crippen molar-refractivity contribution in [3.63, 3.8) is 0 Å². The number of hydrogen-bond acceptors (Lipinski definition) is 2. The zero-order valence-corrected chi connectivity index (χ0v) is 12.9. The van der Waals surface area contributed by atoms with E-state index in [1.165, 1.54) is 22.0 Å². The van der Waals surface area contributed by atoms with Gasteiger partial charge in [0.1, 0.15) is 0 Å². The summed E-state index contributed by atoms with van der Waals surface area (Å²) in [4.78, 5) is 3.32. The summed E-state index contributed by atoms with van der Waals surface area (Å²) >= 11 is 0. The highest BCUT2D eigenvalue weighted by Crippen LogP contribution is 2.20. The van der Waals surface area contributed by atoms with E-state index in [1.54, 1.807) is 0 Å². The highest BCUT2D eigenvalue weighted by atomic mass is 15.3. The molecule has 2 heterocycles. The average molecular weight is 282 g/mol. The van der Waals surface area contributed by atoms with Gasteiger partial charge in [-0.15, -0.1) is 0 Å². The Morgan fingerprint density at radius 1 is 1.33 bits per heavy atom. The number of hydrogen-bond donors (Lipinski definition) is 2. The number of H-pyrrole nitrogens is 1. The number of nitrogens with zero attached hydrogens (tertiary/aromatic N) is 2. The lowest BCUT2D eigenvalue weighted by Crippen LogP contribution is -2.18. The molecule has 1 unspecified atom stereocenters. The molecule has 0 saturated carbocycles. The SMILES string of the molecule is CCn1cc(C(C)NCc2c[nH]c3ccccc23)c(C)n1. The highest BCUT2D eigenvalue weighted by Gasteiger charge is 2.12. The lowest BCUT2D eigenvalue weighted by molar-refractivity contribution is 0.573. The predicted molar refractivity (Wildman–Crippen MR) is 86.2 cm³/mol. The molecule has 0 aliphatic carbocycles. The molecule has 0 radical (unpaired) electrons. The van der Waals surface area contributed by atoms with Crippen molar-refractivity contribution in [2.45, 2.75) is 39.9 Å². The van der Waals surface area contributed by atoms with Crippen molar-refractivity contribution in [1.82, 2.24) is 20.1 Å². The quantitative estimate of drug-likeness (QED) is 0.752. The highest BCUT2D eigenvalue weighted by molar-refractivity contribution is 5.82. The minimum absolute atomic E-state index is 0.291. The van der Waals surface area contributed by atoms with E-state index in [-0.39, 0.29) is 0 Å². The molecule has 3 aromatic rings. The zero-order valence-electron chi connectivity index (χ0n) is 12.9. The molecule has 21 heavy (non-hydrogen) atoms. The Labute approximate surface area is 125 Å². The van der Waals surface area contributed by atoms with E-state index in [9.17, 15) is 0 Å². The number of benzene rings is 1.